The quantitative estimate of drug-likeness (QED) is 0.717. The van der Waals surface area contributed by atoms with Crippen molar-refractivity contribution < 1.29 is 13.2 Å². The fourth-order valence-corrected chi connectivity index (χ4v) is 4.73. The highest BCUT2D eigenvalue weighted by atomic mass is 32.2. The molecule has 0 spiro atoms. The minimum atomic E-state index is -3.11. The van der Waals surface area contributed by atoms with Gasteiger partial charge in [0.1, 0.15) is 5.82 Å². The minimum absolute atomic E-state index is 0.260. The van der Waals surface area contributed by atoms with Gasteiger partial charge >= 0.3 is 0 Å². The van der Waals surface area contributed by atoms with Crippen molar-refractivity contribution in [3.05, 3.63) is 23.3 Å². The molecule has 0 amide bonds. The SMILES string of the molecule is CCCCS(=O)(=O)N1CCC(c2nc(C)ncc2COCC)CC1. The summed E-state index contributed by atoms with van der Waals surface area (Å²) in [5.74, 6) is 1.29. The van der Waals surface area contributed by atoms with Crippen LogP contribution in [-0.4, -0.2) is 48.1 Å². The summed E-state index contributed by atoms with van der Waals surface area (Å²) in [7, 11) is -3.11. The molecule has 136 valence electrons. The Morgan fingerprint density at radius 1 is 1.29 bits per heavy atom. The second kappa shape index (κ2) is 8.87. The molecule has 6 nitrogen and oxygen atoms in total. The van der Waals surface area contributed by atoms with Gasteiger partial charge in [0.05, 0.1) is 18.1 Å². The Labute approximate surface area is 145 Å². The van der Waals surface area contributed by atoms with Crippen LogP contribution in [0.25, 0.3) is 0 Å². The summed E-state index contributed by atoms with van der Waals surface area (Å²) in [5, 5.41) is 0. The van der Waals surface area contributed by atoms with Gasteiger partial charge in [0.15, 0.2) is 0 Å². The third-order valence-electron chi connectivity index (χ3n) is 4.47. The van der Waals surface area contributed by atoms with Crippen LogP contribution in [0.4, 0.5) is 0 Å². The number of hydrogen-bond donors (Lipinski definition) is 0. The molecule has 1 aromatic rings. The molecule has 1 aliphatic heterocycles. The zero-order valence-corrected chi connectivity index (χ0v) is 15.8. The molecule has 2 heterocycles. The molecule has 7 heteroatoms. The average molecular weight is 356 g/mol. The molecule has 0 saturated carbocycles. The lowest BCUT2D eigenvalue weighted by molar-refractivity contribution is 0.132. The third-order valence-corrected chi connectivity index (χ3v) is 6.43. The molecule has 2 rings (SSSR count). The largest absolute Gasteiger partial charge is 0.377 e. The molecule has 0 bridgehead atoms. The molecule has 0 unspecified atom stereocenters. The zero-order chi connectivity index (χ0) is 17.6. The Hall–Kier alpha value is -1.05. The molecule has 0 aromatic carbocycles. The van der Waals surface area contributed by atoms with Crippen molar-refractivity contribution >= 4 is 10.0 Å². The van der Waals surface area contributed by atoms with Crippen molar-refractivity contribution in [1.29, 1.82) is 0 Å². The van der Waals surface area contributed by atoms with Crippen molar-refractivity contribution in [1.82, 2.24) is 14.3 Å². The average Bonchev–Trinajstić information content (AvgIpc) is 2.59. The highest BCUT2D eigenvalue weighted by Crippen LogP contribution is 2.30. The molecule has 1 fully saturated rings. The van der Waals surface area contributed by atoms with E-state index in [0.29, 0.717) is 26.3 Å². The number of aryl methyl sites for hydroxylation is 1. The molecule has 1 saturated heterocycles. The Balaban J connectivity index is 2.05. The molecule has 1 aliphatic rings. The van der Waals surface area contributed by atoms with Gasteiger partial charge in [-0.3, -0.25) is 0 Å². The predicted octanol–water partition coefficient (Wildman–Crippen LogP) is 2.63. The number of rotatable bonds is 8. The van der Waals surface area contributed by atoms with E-state index in [-0.39, 0.29) is 11.7 Å². The summed E-state index contributed by atoms with van der Waals surface area (Å²) < 4.78 is 31.8. The van der Waals surface area contributed by atoms with Crippen molar-refractivity contribution in [3.63, 3.8) is 0 Å². The number of sulfonamides is 1. The van der Waals surface area contributed by atoms with Gasteiger partial charge in [-0.2, -0.15) is 0 Å². The van der Waals surface area contributed by atoms with Gasteiger partial charge in [-0.25, -0.2) is 22.7 Å². The maximum atomic E-state index is 12.3. The first-order chi connectivity index (χ1) is 11.5. The van der Waals surface area contributed by atoms with E-state index in [0.717, 1.165) is 42.8 Å². The molecule has 0 atom stereocenters. The number of ether oxygens (including phenoxy) is 1. The highest BCUT2D eigenvalue weighted by Gasteiger charge is 2.29. The lowest BCUT2D eigenvalue weighted by Crippen LogP contribution is -2.39. The topological polar surface area (TPSA) is 72.4 Å². The van der Waals surface area contributed by atoms with E-state index in [1.54, 1.807) is 4.31 Å². The number of unbranched alkanes of at least 4 members (excludes halogenated alkanes) is 1. The third kappa shape index (κ3) is 4.97. The number of piperidine rings is 1. The van der Waals surface area contributed by atoms with E-state index in [1.807, 2.05) is 27.0 Å². The first-order valence-corrected chi connectivity index (χ1v) is 10.5. The van der Waals surface area contributed by atoms with Crippen LogP contribution < -0.4 is 0 Å². The van der Waals surface area contributed by atoms with Crippen LogP contribution in [-0.2, 0) is 21.4 Å². The summed E-state index contributed by atoms with van der Waals surface area (Å²) in [5.41, 5.74) is 2.05. The van der Waals surface area contributed by atoms with Crippen LogP contribution in [0.1, 0.15) is 62.5 Å². The predicted molar refractivity (Wildman–Crippen MR) is 94.3 cm³/mol. The van der Waals surface area contributed by atoms with Gasteiger partial charge in [0, 0.05) is 37.4 Å². The first kappa shape index (κ1) is 19.3. The Bertz CT molecular complexity index is 626. The van der Waals surface area contributed by atoms with Crippen molar-refractivity contribution in [2.75, 3.05) is 25.4 Å². The van der Waals surface area contributed by atoms with Gasteiger partial charge in [-0.15, -0.1) is 0 Å². The van der Waals surface area contributed by atoms with E-state index in [1.165, 1.54) is 0 Å². The van der Waals surface area contributed by atoms with Crippen molar-refractivity contribution in [2.24, 2.45) is 0 Å². The number of nitrogens with zero attached hydrogens (tertiary/aromatic N) is 3. The minimum Gasteiger partial charge on any atom is -0.377 e. The molecule has 24 heavy (non-hydrogen) atoms. The monoisotopic (exact) mass is 355 g/mol. The van der Waals surface area contributed by atoms with Gasteiger partial charge < -0.3 is 4.74 Å². The van der Waals surface area contributed by atoms with Crippen LogP contribution in [0.3, 0.4) is 0 Å². The van der Waals surface area contributed by atoms with Crippen LogP contribution in [0.5, 0.6) is 0 Å². The van der Waals surface area contributed by atoms with Crippen LogP contribution >= 0.6 is 0 Å². The molecule has 1 aromatic heterocycles. The van der Waals surface area contributed by atoms with E-state index in [4.69, 9.17) is 4.74 Å². The van der Waals surface area contributed by atoms with E-state index < -0.39 is 10.0 Å². The zero-order valence-electron chi connectivity index (χ0n) is 15.0. The number of hydrogen-bond acceptors (Lipinski definition) is 5. The number of aromatic nitrogens is 2. The van der Waals surface area contributed by atoms with Crippen LogP contribution in [0, 0.1) is 6.92 Å². The lowest BCUT2D eigenvalue weighted by atomic mass is 9.92. The van der Waals surface area contributed by atoms with Gasteiger partial charge in [0.25, 0.3) is 0 Å². The summed E-state index contributed by atoms with van der Waals surface area (Å²) in [6.45, 7) is 8.19. The van der Waals surface area contributed by atoms with Crippen molar-refractivity contribution in [2.45, 2.75) is 59.0 Å². The second-order valence-electron chi connectivity index (χ2n) is 6.31. The highest BCUT2D eigenvalue weighted by molar-refractivity contribution is 7.89. The Morgan fingerprint density at radius 2 is 2.00 bits per heavy atom. The molecule has 0 N–H and O–H groups in total. The molecular weight excluding hydrogens is 326 g/mol. The summed E-state index contributed by atoms with van der Waals surface area (Å²) in [6.07, 6.45) is 5.09. The molecule has 0 radical (unpaired) electrons. The fraction of sp³-hybridized carbons (Fsp3) is 0.765. The van der Waals surface area contributed by atoms with Gasteiger partial charge in [0.2, 0.25) is 10.0 Å². The van der Waals surface area contributed by atoms with Gasteiger partial charge in [-0.05, 0) is 33.1 Å². The Morgan fingerprint density at radius 3 is 2.62 bits per heavy atom. The summed E-state index contributed by atoms with van der Waals surface area (Å²) in [6, 6.07) is 0. The maximum Gasteiger partial charge on any atom is 0.214 e. The standard InChI is InChI=1S/C17H29N3O3S/c1-4-6-11-24(21,22)20-9-7-15(8-10-20)17-16(13-23-5-2)12-18-14(3)19-17/h12,15H,4-11,13H2,1-3H3. The molecule has 0 aliphatic carbocycles. The van der Waals surface area contributed by atoms with Gasteiger partial charge in [-0.1, -0.05) is 13.3 Å². The first-order valence-electron chi connectivity index (χ1n) is 8.86. The van der Waals surface area contributed by atoms with E-state index in [2.05, 4.69) is 9.97 Å². The normalized spacial score (nSPS) is 17.3. The Kier molecular flexibility index (Phi) is 7.13. The van der Waals surface area contributed by atoms with Crippen LogP contribution in [0.15, 0.2) is 6.20 Å². The second-order valence-corrected chi connectivity index (χ2v) is 8.40. The van der Waals surface area contributed by atoms with Crippen molar-refractivity contribution in [3.8, 4) is 0 Å². The van der Waals surface area contributed by atoms with Crippen LogP contribution in [0.2, 0.25) is 0 Å². The molecular formula is C17H29N3O3S. The summed E-state index contributed by atoms with van der Waals surface area (Å²) >= 11 is 0. The van der Waals surface area contributed by atoms with E-state index in [9.17, 15) is 8.42 Å². The summed E-state index contributed by atoms with van der Waals surface area (Å²) in [4.78, 5) is 8.91. The lowest BCUT2D eigenvalue weighted by Gasteiger charge is -2.31. The maximum absolute atomic E-state index is 12.3. The fourth-order valence-electron chi connectivity index (χ4n) is 3.05. The smallest absolute Gasteiger partial charge is 0.214 e. The van der Waals surface area contributed by atoms with E-state index >= 15 is 0 Å².